The minimum atomic E-state index is -0.323. The van der Waals surface area contributed by atoms with Gasteiger partial charge in [-0.15, -0.1) is 0 Å². The summed E-state index contributed by atoms with van der Waals surface area (Å²) in [7, 11) is 0. The van der Waals surface area contributed by atoms with Gasteiger partial charge in [0, 0.05) is 24.1 Å². The van der Waals surface area contributed by atoms with E-state index in [2.05, 4.69) is 10.6 Å². The van der Waals surface area contributed by atoms with Gasteiger partial charge >= 0.3 is 0 Å². The van der Waals surface area contributed by atoms with Crippen molar-refractivity contribution < 1.29 is 14.3 Å². The smallest absolute Gasteiger partial charge is 0.224 e. The van der Waals surface area contributed by atoms with E-state index < -0.39 is 0 Å². The average Bonchev–Trinajstić information content (AvgIpc) is 2.45. The first-order chi connectivity index (χ1) is 9.47. The van der Waals surface area contributed by atoms with Crippen LogP contribution in [0.2, 0.25) is 0 Å². The molecule has 0 aromatic heterocycles. The first-order valence-electron chi connectivity index (χ1n) is 6.94. The molecule has 1 aromatic rings. The van der Waals surface area contributed by atoms with Crippen LogP contribution in [-0.4, -0.2) is 24.2 Å². The van der Waals surface area contributed by atoms with Gasteiger partial charge in [0.1, 0.15) is 5.82 Å². The molecule has 2 rings (SSSR count). The topological polar surface area (TPSA) is 61.4 Å². The highest BCUT2D eigenvalue weighted by Crippen LogP contribution is 2.30. The standard InChI is InChI=1S/C15H21FN2O2/c1-3-15(2,9-19)8-17-13-7-12-10(6-11(13)16)4-5-14(20)18-12/h6-7,17,19H,3-5,8-9H2,1-2H3,(H,18,20). The Morgan fingerprint density at radius 3 is 2.85 bits per heavy atom. The van der Waals surface area contributed by atoms with Crippen LogP contribution in [0.1, 0.15) is 32.3 Å². The third kappa shape index (κ3) is 3.10. The SMILES string of the molecule is CCC(C)(CO)CNc1cc2c(cc1F)CCC(=O)N2. The van der Waals surface area contributed by atoms with Gasteiger partial charge in [-0.2, -0.15) is 0 Å². The molecular formula is C15H21FN2O2. The van der Waals surface area contributed by atoms with Crippen molar-refractivity contribution in [2.24, 2.45) is 5.41 Å². The van der Waals surface area contributed by atoms with Crippen LogP contribution in [0.15, 0.2) is 12.1 Å². The molecule has 0 radical (unpaired) electrons. The summed E-state index contributed by atoms with van der Waals surface area (Å²) in [6, 6.07) is 3.11. The second kappa shape index (κ2) is 5.79. The van der Waals surface area contributed by atoms with Crippen molar-refractivity contribution in [2.75, 3.05) is 23.8 Å². The highest BCUT2D eigenvalue weighted by atomic mass is 19.1. The lowest BCUT2D eigenvalue weighted by atomic mass is 9.88. The van der Waals surface area contributed by atoms with Crippen molar-refractivity contribution in [1.29, 1.82) is 0 Å². The summed E-state index contributed by atoms with van der Waals surface area (Å²) in [5.41, 5.74) is 1.57. The van der Waals surface area contributed by atoms with Gasteiger partial charge in [0.05, 0.1) is 12.3 Å². The molecule has 1 aliphatic rings. The zero-order valence-electron chi connectivity index (χ0n) is 11.9. The summed E-state index contributed by atoms with van der Waals surface area (Å²) in [6.45, 7) is 4.45. The number of rotatable bonds is 5. The fourth-order valence-electron chi connectivity index (χ4n) is 2.14. The molecule has 0 saturated heterocycles. The normalized spacial score (nSPS) is 17.1. The molecule has 1 aromatic carbocycles. The fourth-order valence-corrected chi connectivity index (χ4v) is 2.14. The maximum absolute atomic E-state index is 14.0. The van der Waals surface area contributed by atoms with Crippen molar-refractivity contribution in [1.82, 2.24) is 0 Å². The molecular weight excluding hydrogens is 259 g/mol. The van der Waals surface area contributed by atoms with Crippen molar-refractivity contribution in [3.8, 4) is 0 Å². The van der Waals surface area contributed by atoms with Gasteiger partial charge in [0.2, 0.25) is 5.91 Å². The molecule has 1 unspecified atom stereocenters. The Hall–Kier alpha value is -1.62. The molecule has 0 saturated carbocycles. The third-order valence-electron chi connectivity index (χ3n) is 4.03. The Kier molecular flexibility index (Phi) is 4.28. The van der Waals surface area contributed by atoms with Crippen LogP contribution in [-0.2, 0) is 11.2 Å². The van der Waals surface area contributed by atoms with Crippen molar-refractivity contribution in [3.63, 3.8) is 0 Å². The molecule has 20 heavy (non-hydrogen) atoms. The van der Waals surface area contributed by atoms with E-state index in [0.717, 1.165) is 12.0 Å². The van der Waals surface area contributed by atoms with Gasteiger partial charge in [-0.3, -0.25) is 4.79 Å². The second-order valence-corrected chi connectivity index (χ2v) is 5.71. The Labute approximate surface area is 118 Å². The minimum absolute atomic E-state index is 0.0381. The number of nitrogens with one attached hydrogen (secondary N) is 2. The number of carbonyl (C=O) groups excluding carboxylic acids is 1. The van der Waals surface area contributed by atoms with Crippen LogP contribution in [0.3, 0.4) is 0 Å². The van der Waals surface area contributed by atoms with Crippen LogP contribution >= 0.6 is 0 Å². The molecule has 1 aliphatic heterocycles. The molecule has 0 fully saturated rings. The van der Waals surface area contributed by atoms with Gasteiger partial charge < -0.3 is 15.7 Å². The molecule has 1 atom stereocenters. The van der Waals surface area contributed by atoms with E-state index in [0.29, 0.717) is 30.8 Å². The number of halogens is 1. The Bertz CT molecular complexity index is 513. The maximum atomic E-state index is 14.0. The van der Waals surface area contributed by atoms with Crippen LogP contribution in [0, 0.1) is 11.2 Å². The van der Waals surface area contributed by atoms with Gasteiger partial charge in [0.25, 0.3) is 0 Å². The van der Waals surface area contributed by atoms with Crippen LogP contribution in [0.25, 0.3) is 0 Å². The molecule has 5 heteroatoms. The number of aryl methyl sites for hydroxylation is 1. The van der Waals surface area contributed by atoms with Crippen molar-refractivity contribution >= 4 is 17.3 Å². The van der Waals surface area contributed by atoms with Crippen LogP contribution in [0.4, 0.5) is 15.8 Å². The molecule has 1 heterocycles. The number of fused-ring (bicyclic) bond motifs is 1. The second-order valence-electron chi connectivity index (χ2n) is 5.71. The fraction of sp³-hybridized carbons (Fsp3) is 0.533. The Morgan fingerprint density at radius 2 is 2.20 bits per heavy atom. The first-order valence-corrected chi connectivity index (χ1v) is 6.94. The van der Waals surface area contributed by atoms with Crippen LogP contribution < -0.4 is 10.6 Å². The highest BCUT2D eigenvalue weighted by molar-refractivity contribution is 5.94. The quantitative estimate of drug-likeness (QED) is 0.776. The predicted molar refractivity (Wildman–Crippen MR) is 77.3 cm³/mol. The van der Waals surface area contributed by atoms with Crippen LogP contribution in [0.5, 0.6) is 0 Å². The first kappa shape index (κ1) is 14.8. The Morgan fingerprint density at radius 1 is 1.45 bits per heavy atom. The lowest BCUT2D eigenvalue weighted by molar-refractivity contribution is -0.116. The summed E-state index contributed by atoms with van der Waals surface area (Å²) in [4.78, 5) is 11.4. The maximum Gasteiger partial charge on any atom is 0.224 e. The van der Waals surface area contributed by atoms with E-state index in [1.165, 1.54) is 6.07 Å². The monoisotopic (exact) mass is 280 g/mol. The summed E-state index contributed by atoms with van der Waals surface area (Å²) in [6.07, 6.45) is 1.76. The predicted octanol–water partition coefficient (Wildman–Crippen LogP) is 2.53. The van der Waals surface area contributed by atoms with Crippen molar-refractivity contribution in [3.05, 3.63) is 23.5 Å². The number of anilines is 2. The van der Waals surface area contributed by atoms with Gasteiger partial charge in [-0.05, 0) is 30.5 Å². The number of hydrogen-bond acceptors (Lipinski definition) is 3. The van der Waals surface area contributed by atoms with E-state index in [-0.39, 0.29) is 23.7 Å². The third-order valence-corrected chi connectivity index (χ3v) is 4.03. The molecule has 110 valence electrons. The number of carbonyl (C=O) groups is 1. The highest BCUT2D eigenvalue weighted by Gasteiger charge is 2.22. The largest absolute Gasteiger partial charge is 0.396 e. The molecule has 1 amide bonds. The lowest BCUT2D eigenvalue weighted by Gasteiger charge is -2.27. The number of amides is 1. The Balaban J connectivity index is 2.16. The summed E-state index contributed by atoms with van der Waals surface area (Å²) in [5, 5.41) is 15.2. The van der Waals surface area contributed by atoms with Crippen molar-refractivity contribution in [2.45, 2.75) is 33.1 Å². The number of aliphatic hydroxyl groups is 1. The molecule has 3 N–H and O–H groups in total. The zero-order chi connectivity index (χ0) is 14.8. The van der Waals surface area contributed by atoms with E-state index >= 15 is 0 Å². The zero-order valence-corrected chi connectivity index (χ0v) is 11.9. The van der Waals surface area contributed by atoms with Gasteiger partial charge in [-0.25, -0.2) is 4.39 Å². The number of hydrogen-bond donors (Lipinski definition) is 3. The van der Waals surface area contributed by atoms with E-state index in [1.807, 2.05) is 13.8 Å². The van der Waals surface area contributed by atoms with E-state index in [4.69, 9.17) is 0 Å². The average molecular weight is 280 g/mol. The van der Waals surface area contributed by atoms with Gasteiger partial charge in [0.15, 0.2) is 0 Å². The molecule has 0 spiro atoms. The lowest BCUT2D eigenvalue weighted by Crippen LogP contribution is -2.30. The summed E-state index contributed by atoms with van der Waals surface area (Å²) < 4.78 is 14.0. The molecule has 4 nitrogen and oxygen atoms in total. The number of benzene rings is 1. The summed E-state index contributed by atoms with van der Waals surface area (Å²) >= 11 is 0. The summed E-state index contributed by atoms with van der Waals surface area (Å²) in [5.74, 6) is -0.361. The van der Waals surface area contributed by atoms with E-state index in [9.17, 15) is 14.3 Å². The molecule has 0 aliphatic carbocycles. The van der Waals surface area contributed by atoms with E-state index in [1.54, 1.807) is 6.07 Å². The number of aliphatic hydroxyl groups excluding tert-OH is 1. The molecule has 0 bridgehead atoms. The minimum Gasteiger partial charge on any atom is -0.396 e. The van der Waals surface area contributed by atoms with Gasteiger partial charge in [-0.1, -0.05) is 13.8 Å².